The first kappa shape index (κ1) is 21.8. The Bertz CT molecular complexity index is 1300. The third-order valence-electron chi connectivity index (χ3n) is 9.05. The van der Waals surface area contributed by atoms with Crippen molar-refractivity contribution in [2.75, 3.05) is 6.61 Å². The molecule has 4 nitrogen and oxygen atoms in total. The lowest BCUT2D eigenvalue weighted by Gasteiger charge is -2.47. The van der Waals surface area contributed by atoms with Crippen LogP contribution in [0.5, 0.6) is 0 Å². The first-order valence-electron chi connectivity index (χ1n) is 13.5. The second-order valence-electron chi connectivity index (χ2n) is 11.0. The Morgan fingerprint density at radius 2 is 1.44 bits per heavy atom. The highest BCUT2D eigenvalue weighted by molar-refractivity contribution is 5.98. The Morgan fingerprint density at radius 1 is 0.806 bits per heavy atom. The lowest BCUT2D eigenvalue weighted by Crippen LogP contribution is -2.55. The number of rotatable bonds is 4. The van der Waals surface area contributed by atoms with E-state index in [0.717, 1.165) is 50.5 Å². The van der Waals surface area contributed by atoms with Crippen LogP contribution in [0.25, 0.3) is 11.1 Å². The molecule has 2 aliphatic carbocycles. The summed E-state index contributed by atoms with van der Waals surface area (Å²) in [5, 5.41) is 0. The maximum atomic E-state index is 13.4. The molecule has 0 aromatic heterocycles. The molecule has 36 heavy (non-hydrogen) atoms. The summed E-state index contributed by atoms with van der Waals surface area (Å²) < 4.78 is 6.03. The van der Waals surface area contributed by atoms with Crippen molar-refractivity contribution in [1.82, 2.24) is 4.90 Å². The fraction of sp³-hybridized carbons (Fsp3) is 0.375. The van der Waals surface area contributed by atoms with E-state index in [4.69, 9.17) is 4.74 Å². The molecule has 0 spiro atoms. The highest BCUT2D eigenvalue weighted by atomic mass is 16.6. The van der Waals surface area contributed by atoms with Gasteiger partial charge in [0, 0.05) is 29.5 Å². The van der Waals surface area contributed by atoms with Crippen molar-refractivity contribution in [2.45, 2.75) is 62.9 Å². The summed E-state index contributed by atoms with van der Waals surface area (Å²) in [7, 11) is 0. The predicted molar refractivity (Wildman–Crippen MR) is 139 cm³/mol. The largest absolute Gasteiger partial charge is 0.448 e. The average molecular weight is 478 g/mol. The van der Waals surface area contributed by atoms with Crippen LogP contribution in [0, 0.1) is 5.92 Å². The summed E-state index contributed by atoms with van der Waals surface area (Å²) >= 11 is 0. The highest BCUT2D eigenvalue weighted by Gasteiger charge is 2.44. The van der Waals surface area contributed by atoms with Crippen LogP contribution in [-0.4, -0.2) is 35.5 Å². The smallest absolute Gasteiger partial charge is 0.410 e. The number of nitrogens with zero attached hydrogens (tertiary/aromatic N) is 1. The van der Waals surface area contributed by atoms with Gasteiger partial charge >= 0.3 is 6.09 Å². The molecule has 2 saturated heterocycles. The van der Waals surface area contributed by atoms with E-state index >= 15 is 0 Å². The minimum atomic E-state index is -0.210. The highest BCUT2D eigenvalue weighted by Crippen LogP contribution is 2.45. The molecule has 0 radical (unpaired) electrons. The molecule has 3 aromatic rings. The molecule has 2 aliphatic heterocycles. The van der Waals surface area contributed by atoms with E-state index in [1.807, 2.05) is 11.0 Å². The molecular formula is C32H31NO3. The number of benzene rings is 3. The zero-order chi connectivity index (χ0) is 24.2. The van der Waals surface area contributed by atoms with Crippen LogP contribution in [0.3, 0.4) is 0 Å². The van der Waals surface area contributed by atoms with Crippen molar-refractivity contribution >= 4 is 11.9 Å². The number of fused-ring (bicyclic) bond motifs is 6. The van der Waals surface area contributed by atoms with Crippen molar-refractivity contribution in [3.05, 3.63) is 94.5 Å². The summed E-state index contributed by atoms with van der Waals surface area (Å²) in [6.45, 7) is 0.348. The molecule has 7 rings (SSSR count). The molecule has 3 aromatic carbocycles. The molecule has 2 atom stereocenters. The van der Waals surface area contributed by atoms with Crippen LogP contribution in [0.4, 0.5) is 4.79 Å². The predicted octanol–water partition coefficient (Wildman–Crippen LogP) is 6.55. The van der Waals surface area contributed by atoms with E-state index in [2.05, 4.69) is 60.7 Å². The molecule has 2 fully saturated rings. The fourth-order valence-electron chi connectivity index (χ4n) is 7.15. The lowest BCUT2D eigenvalue weighted by atomic mass is 9.75. The van der Waals surface area contributed by atoms with Gasteiger partial charge in [-0.1, -0.05) is 60.7 Å². The van der Waals surface area contributed by atoms with E-state index in [1.165, 1.54) is 33.4 Å². The van der Waals surface area contributed by atoms with Crippen LogP contribution in [0.15, 0.2) is 66.7 Å². The molecule has 4 heteroatoms. The maximum Gasteiger partial charge on any atom is 0.410 e. The summed E-state index contributed by atoms with van der Waals surface area (Å²) in [4.78, 5) is 28.8. The molecule has 4 aliphatic rings. The van der Waals surface area contributed by atoms with E-state index < -0.39 is 0 Å². The first-order chi connectivity index (χ1) is 17.7. The number of hydrogen-bond donors (Lipinski definition) is 0. The summed E-state index contributed by atoms with van der Waals surface area (Å²) in [6.07, 6.45) is 6.52. The number of hydrogen-bond acceptors (Lipinski definition) is 3. The van der Waals surface area contributed by atoms with Crippen LogP contribution >= 0.6 is 0 Å². The normalized spacial score (nSPS) is 23.8. The lowest BCUT2D eigenvalue weighted by molar-refractivity contribution is 0.00651. The number of Topliss-reactive ketones (excluding diaryl/α,β-unsaturated/α-hetero) is 1. The Morgan fingerprint density at radius 3 is 2.06 bits per heavy atom. The van der Waals surface area contributed by atoms with Gasteiger partial charge in [-0.15, -0.1) is 0 Å². The van der Waals surface area contributed by atoms with Crippen molar-refractivity contribution in [3.63, 3.8) is 0 Å². The number of carbonyl (C=O) groups is 2. The zero-order valence-electron chi connectivity index (χ0n) is 20.5. The van der Waals surface area contributed by atoms with Gasteiger partial charge in [0.05, 0.1) is 0 Å². The molecule has 1 amide bonds. The van der Waals surface area contributed by atoms with E-state index in [0.29, 0.717) is 6.61 Å². The van der Waals surface area contributed by atoms with Crippen LogP contribution < -0.4 is 0 Å². The Hall–Kier alpha value is -3.40. The minimum Gasteiger partial charge on any atom is -0.448 e. The van der Waals surface area contributed by atoms with E-state index in [1.54, 1.807) is 0 Å². The quantitative estimate of drug-likeness (QED) is 0.400. The molecule has 182 valence electrons. The third kappa shape index (κ3) is 3.49. The van der Waals surface area contributed by atoms with Gasteiger partial charge in [-0.25, -0.2) is 4.79 Å². The van der Waals surface area contributed by atoms with Crippen molar-refractivity contribution in [3.8, 4) is 11.1 Å². The Labute approximate surface area is 212 Å². The van der Waals surface area contributed by atoms with Gasteiger partial charge in [0.15, 0.2) is 5.78 Å². The van der Waals surface area contributed by atoms with Crippen molar-refractivity contribution < 1.29 is 14.3 Å². The van der Waals surface area contributed by atoms with Gasteiger partial charge in [-0.2, -0.15) is 0 Å². The van der Waals surface area contributed by atoms with Gasteiger partial charge in [-0.05, 0) is 84.4 Å². The number of ketones is 1. The van der Waals surface area contributed by atoms with Gasteiger partial charge in [-0.3, -0.25) is 4.79 Å². The van der Waals surface area contributed by atoms with Crippen molar-refractivity contribution in [2.24, 2.45) is 5.92 Å². The Kier molecular flexibility index (Phi) is 5.23. The molecule has 2 bridgehead atoms. The number of aryl methyl sites for hydroxylation is 2. The van der Waals surface area contributed by atoms with Crippen LogP contribution in [-0.2, 0) is 17.6 Å². The van der Waals surface area contributed by atoms with Gasteiger partial charge in [0.2, 0.25) is 0 Å². The number of carbonyl (C=O) groups excluding carboxylic acids is 2. The number of amides is 1. The minimum absolute atomic E-state index is 0.00365. The second-order valence-corrected chi connectivity index (χ2v) is 11.0. The van der Waals surface area contributed by atoms with Crippen molar-refractivity contribution in [1.29, 1.82) is 0 Å². The summed E-state index contributed by atoms with van der Waals surface area (Å²) in [6, 6.07) is 23.3. The molecule has 0 saturated carbocycles. The average Bonchev–Trinajstić information content (AvgIpc) is 3.20. The SMILES string of the molecule is O=C(c1ccc2c(c1)CC2)C1CC2CCCC(C1)N2C(=O)OCC1c2ccccc2-c2ccccc21. The first-order valence-corrected chi connectivity index (χ1v) is 13.5. The Balaban J connectivity index is 1.06. The monoisotopic (exact) mass is 477 g/mol. The molecule has 2 unspecified atom stereocenters. The van der Waals surface area contributed by atoms with Gasteiger partial charge in [0.1, 0.15) is 6.61 Å². The maximum absolute atomic E-state index is 13.4. The summed E-state index contributed by atoms with van der Waals surface area (Å²) in [5.74, 6) is 0.320. The number of ether oxygens (including phenoxy) is 1. The van der Waals surface area contributed by atoms with Gasteiger partial charge < -0.3 is 9.64 Å². The number of piperidine rings is 2. The van der Waals surface area contributed by atoms with E-state index in [9.17, 15) is 9.59 Å². The standard InChI is InChI=1S/C32H31NO3/c34-31(22-15-13-20-12-14-21(20)16-22)23-17-24-6-5-7-25(18-23)33(24)32(35)36-19-30-28-10-3-1-8-26(28)27-9-2-4-11-29(27)30/h1-4,8-11,13,15-16,23-25,30H,5-7,12,14,17-19H2. The van der Waals surface area contributed by atoms with Crippen LogP contribution in [0.1, 0.15) is 70.6 Å². The molecule has 0 N–H and O–H groups in total. The molecule has 2 heterocycles. The summed E-state index contributed by atoms with van der Waals surface area (Å²) in [5.41, 5.74) is 8.50. The zero-order valence-corrected chi connectivity index (χ0v) is 20.5. The second kappa shape index (κ2) is 8.62. The van der Waals surface area contributed by atoms with E-state index in [-0.39, 0.29) is 35.8 Å². The topological polar surface area (TPSA) is 46.6 Å². The fourth-order valence-corrected chi connectivity index (χ4v) is 7.15. The van der Waals surface area contributed by atoms with Gasteiger partial charge in [0.25, 0.3) is 0 Å². The van der Waals surface area contributed by atoms with Crippen LogP contribution in [0.2, 0.25) is 0 Å². The third-order valence-corrected chi connectivity index (χ3v) is 9.05. The molecular weight excluding hydrogens is 446 g/mol.